The predicted molar refractivity (Wildman–Crippen MR) is 92.2 cm³/mol. The molecule has 0 fully saturated rings. The number of hydrogen-bond donors (Lipinski definition) is 2. The van der Waals surface area contributed by atoms with E-state index < -0.39 is 0 Å². The molecule has 0 aliphatic carbocycles. The molecule has 0 heterocycles. The Bertz CT molecular complexity index is 675. The summed E-state index contributed by atoms with van der Waals surface area (Å²) in [7, 11) is 0. The van der Waals surface area contributed by atoms with Crippen molar-refractivity contribution in [1.29, 1.82) is 0 Å². The Labute approximate surface area is 143 Å². The lowest BCUT2D eigenvalue weighted by Crippen LogP contribution is -2.28. The van der Waals surface area contributed by atoms with Crippen molar-refractivity contribution in [3.8, 4) is 5.75 Å². The fraction of sp³-hybridized carbons (Fsp3) is 0.235. The van der Waals surface area contributed by atoms with Crippen molar-refractivity contribution in [2.24, 2.45) is 0 Å². The van der Waals surface area contributed by atoms with Gasteiger partial charge >= 0.3 is 6.03 Å². The summed E-state index contributed by atoms with van der Waals surface area (Å²) >= 11 is 3.20. The second-order valence-electron chi connectivity index (χ2n) is 5.24. The van der Waals surface area contributed by atoms with Crippen LogP contribution in [0.25, 0.3) is 0 Å². The zero-order chi connectivity index (χ0) is 16.8. The van der Waals surface area contributed by atoms with E-state index in [9.17, 15) is 9.18 Å². The molecule has 2 aromatic carbocycles. The molecule has 2 rings (SSSR count). The molecule has 4 nitrogen and oxygen atoms in total. The molecule has 23 heavy (non-hydrogen) atoms. The van der Waals surface area contributed by atoms with Crippen LogP contribution in [0.15, 0.2) is 46.9 Å². The van der Waals surface area contributed by atoms with Crippen LogP contribution >= 0.6 is 15.9 Å². The van der Waals surface area contributed by atoms with Crippen LogP contribution in [0.4, 0.5) is 14.9 Å². The molecule has 6 heteroatoms. The Morgan fingerprint density at radius 3 is 2.52 bits per heavy atom. The number of carbonyl (C=O) groups excluding carboxylic acids is 1. The van der Waals surface area contributed by atoms with E-state index in [2.05, 4.69) is 26.6 Å². The van der Waals surface area contributed by atoms with Crippen LogP contribution in [-0.2, 0) is 6.54 Å². The molecule has 0 saturated heterocycles. The lowest BCUT2D eigenvalue weighted by Gasteiger charge is -2.11. The SMILES string of the molecule is CC(C)Oc1ccc(CNC(=O)Nc2ccc(F)cc2Br)cc1. The normalized spacial score (nSPS) is 10.5. The summed E-state index contributed by atoms with van der Waals surface area (Å²) in [5.41, 5.74) is 1.46. The van der Waals surface area contributed by atoms with Crippen molar-refractivity contribution < 1.29 is 13.9 Å². The zero-order valence-electron chi connectivity index (χ0n) is 12.9. The highest BCUT2D eigenvalue weighted by Crippen LogP contribution is 2.22. The minimum Gasteiger partial charge on any atom is -0.491 e. The molecule has 2 N–H and O–H groups in total. The van der Waals surface area contributed by atoms with Crippen LogP contribution in [0, 0.1) is 5.82 Å². The summed E-state index contributed by atoms with van der Waals surface area (Å²) in [6.07, 6.45) is 0.124. The van der Waals surface area contributed by atoms with Crippen LogP contribution in [0.5, 0.6) is 5.75 Å². The number of ether oxygens (including phenoxy) is 1. The minimum absolute atomic E-state index is 0.124. The molecule has 0 bridgehead atoms. The summed E-state index contributed by atoms with van der Waals surface area (Å²) in [5.74, 6) is 0.426. The maximum atomic E-state index is 13.0. The number of halogens is 2. The van der Waals surface area contributed by atoms with E-state index in [-0.39, 0.29) is 18.0 Å². The van der Waals surface area contributed by atoms with Crippen molar-refractivity contribution in [2.45, 2.75) is 26.5 Å². The molecule has 2 amide bonds. The number of amides is 2. The van der Waals surface area contributed by atoms with Gasteiger partial charge in [0.1, 0.15) is 11.6 Å². The highest BCUT2D eigenvalue weighted by Gasteiger charge is 2.06. The molecule has 0 unspecified atom stereocenters. The number of urea groups is 1. The highest BCUT2D eigenvalue weighted by atomic mass is 79.9. The van der Waals surface area contributed by atoms with Crippen LogP contribution in [0.1, 0.15) is 19.4 Å². The first-order chi connectivity index (χ1) is 10.9. The number of anilines is 1. The van der Waals surface area contributed by atoms with Gasteiger partial charge in [0.25, 0.3) is 0 Å². The summed E-state index contributed by atoms with van der Waals surface area (Å²) in [6, 6.07) is 11.2. The largest absolute Gasteiger partial charge is 0.491 e. The smallest absolute Gasteiger partial charge is 0.319 e. The number of rotatable bonds is 5. The van der Waals surface area contributed by atoms with Gasteiger partial charge in [0.05, 0.1) is 11.8 Å². The number of hydrogen-bond acceptors (Lipinski definition) is 2. The van der Waals surface area contributed by atoms with Crippen LogP contribution in [0.3, 0.4) is 0 Å². The van der Waals surface area contributed by atoms with Crippen molar-refractivity contribution in [3.63, 3.8) is 0 Å². The van der Waals surface area contributed by atoms with Gasteiger partial charge in [-0.05, 0) is 65.7 Å². The van der Waals surface area contributed by atoms with E-state index in [0.29, 0.717) is 16.7 Å². The van der Waals surface area contributed by atoms with Gasteiger partial charge in [-0.2, -0.15) is 0 Å². The monoisotopic (exact) mass is 380 g/mol. The van der Waals surface area contributed by atoms with Crippen molar-refractivity contribution in [1.82, 2.24) is 5.32 Å². The Morgan fingerprint density at radius 1 is 1.22 bits per heavy atom. The first kappa shape index (κ1) is 17.3. The topological polar surface area (TPSA) is 50.4 Å². The van der Waals surface area contributed by atoms with Gasteiger partial charge < -0.3 is 15.4 Å². The van der Waals surface area contributed by atoms with Gasteiger partial charge in [0, 0.05) is 11.0 Å². The molecule has 0 saturated carbocycles. The first-order valence-corrected chi connectivity index (χ1v) is 7.99. The lowest BCUT2D eigenvalue weighted by molar-refractivity contribution is 0.242. The van der Waals surface area contributed by atoms with Gasteiger partial charge in [0.2, 0.25) is 0 Å². The molecular weight excluding hydrogens is 363 g/mol. The maximum Gasteiger partial charge on any atom is 0.319 e. The molecule has 0 aliphatic heterocycles. The zero-order valence-corrected chi connectivity index (χ0v) is 14.5. The Hall–Kier alpha value is -2.08. The first-order valence-electron chi connectivity index (χ1n) is 7.19. The van der Waals surface area contributed by atoms with E-state index in [1.165, 1.54) is 18.2 Å². The Balaban J connectivity index is 1.86. The van der Waals surface area contributed by atoms with Crippen LogP contribution in [0.2, 0.25) is 0 Å². The quantitative estimate of drug-likeness (QED) is 0.789. The van der Waals surface area contributed by atoms with E-state index >= 15 is 0 Å². The summed E-state index contributed by atoms with van der Waals surface area (Å²) < 4.78 is 19.0. The van der Waals surface area contributed by atoms with Crippen molar-refractivity contribution >= 4 is 27.6 Å². The van der Waals surface area contributed by atoms with E-state index in [1.54, 1.807) is 0 Å². The number of benzene rings is 2. The van der Waals surface area contributed by atoms with Gasteiger partial charge in [-0.3, -0.25) is 0 Å². The minimum atomic E-state index is -0.369. The van der Waals surface area contributed by atoms with Gasteiger partial charge in [-0.1, -0.05) is 12.1 Å². The maximum absolute atomic E-state index is 13.0. The molecule has 0 aromatic heterocycles. The fourth-order valence-electron chi connectivity index (χ4n) is 1.90. The number of nitrogens with one attached hydrogen (secondary N) is 2. The molecule has 2 aromatic rings. The van der Waals surface area contributed by atoms with Crippen LogP contribution < -0.4 is 15.4 Å². The van der Waals surface area contributed by atoms with Gasteiger partial charge in [-0.15, -0.1) is 0 Å². The molecule has 122 valence electrons. The highest BCUT2D eigenvalue weighted by molar-refractivity contribution is 9.10. The third-order valence-electron chi connectivity index (χ3n) is 2.93. The van der Waals surface area contributed by atoms with Crippen molar-refractivity contribution in [2.75, 3.05) is 5.32 Å². The van der Waals surface area contributed by atoms with E-state index in [1.807, 2.05) is 38.1 Å². The van der Waals surface area contributed by atoms with Crippen LogP contribution in [-0.4, -0.2) is 12.1 Å². The molecule has 0 atom stereocenters. The van der Waals surface area contributed by atoms with E-state index in [0.717, 1.165) is 11.3 Å². The second kappa shape index (κ2) is 7.97. The molecular formula is C17H18BrFN2O2. The Kier molecular flexibility index (Phi) is 5.98. The van der Waals surface area contributed by atoms with Gasteiger partial charge in [-0.25, -0.2) is 9.18 Å². The van der Waals surface area contributed by atoms with Crippen molar-refractivity contribution in [3.05, 3.63) is 58.3 Å². The predicted octanol–water partition coefficient (Wildman–Crippen LogP) is 4.70. The average molecular weight is 381 g/mol. The van der Waals surface area contributed by atoms with E-state index in [4.69, 9.17) is 4.74 Å². The molecule has 0 aliphatic rings. The molecule has 0 radical (unpaired) electrons. The Morgan fingerprint density at radius 2 is 1.91 bits per heavy atom. The summed E-state index contributed by atoms with van der Waals surface area (Å²) in [4.78, 5) is 11.9. The lowest BCUT2D eigenvalue weighted by atomic mass is 10.2. The standard InChI is InChI=1S/C17H18BrFN2O2/c1-11(2)23-14-6-3-12(4-7-14)10-20-17(22)21-16-8-5-13(19)9-15(16)18/h3-9,11H,10H2,1-2H3,(H2,20,21,22). The summed E-state index contributed by atoms with van der Waals surface area (Å²) in [5, 5.41) is 5.40. The molecule has 0 spiro atoms. The second-order valence-corrected chi connectivity index (χ2v) is 6.10. The third-order valence-corrected chi connectivity index (χ3v) is 3.58. The van der Waals surface area contributed by atoms with Gasteiger partial charge in [0.15, 0.2) is 0 Å². The summed E-state index contributed by atoms with van der Waals surface area (Å²) in [6.45, 7) is 4.31. The average Bonchev–Trinajstić information content (AvgIpc) is 2.49. The third kappa shape index (κ3) is 5.56. The fourth-order valence-corrected chi connectivity index (χ4v) is 2.35. The number of carbonyl (C=O) groups is 1.